The van der Waals surface area contributed by atoms with Crippen molar-refractivity contribution in [2.75, 3.05) is 25.6 Å². The summed E-state index contributed by atoms with van der Waals surface area (Å²) in [6, 6.07) is 11.4. The van der Waals surface area contributed by atoms with Gasteiger partial charge in [0.05, 0.1) is 24.3 Å². The Morgan fingerprint density at radius 2 is 1.86 bits per heavy atom. The van der Waals surface area contributed by atoms with Crippen LogP contribution in [0.1, 0.15) is 43.8 Å². The van der Waals surface area contributed by atoms with Crippen molar-refractivity contribution in [3.05, 3.63) is 57.6 Å². The Morgan fingerprint density at radius 1 is 1.14 bits per heavy atom. The summed E-state index contributed by atoms with van der Waals surface area (Å²) in [5.41, 5.74) is 9.92. The van der Waals surface area contributed by atoms with Gasteiger partial charge in [-0.05, 0) is 47.7 Å². The zero-order valence-corrected chi connectivity index (χ0v) is 22.3. The van der Waals surface area contributed by atoms with Crippen LogP contribution in [0.25, 0.3) is 0 Å². The number of carbonyl (C=O) groups is 1. The van der Waals surface area contributed by atoms with E-state index in [2.05, 4.69) is 53.6 Å². The van der Waals surface area contributed by atoms with Gasteiger partial charge in [0.15, 0.2) is 11.5 Å². The maximum Gasteiger partial charge on any atom is 0.247 e. The third-order valence-electron chi connectivity index (χ3n) is 4.85. The van der Waals surface area contributed by atoms with Crippen LogP contribution in [0, 0.1) is 0 Å². The number of hydrogen-bond donors (Lipinski definition) is 2. The number of ether oxygens (including phenoxy) is 3. The average molecular weight is 532 g/mol. The molecule has 0 aliphatic rings. The second kappa shape index (κ2) is 12.5. The molecule has 1 aromatic heterocycles. The molecule has 0 fully saturated rings. The van der Waals surface area contributed by atoms with Gasteiger partial charge in [0, 0.05) is 0 Å². The third kappa shape index (κ3) is 8.10. The first-order valence-electron chi connectivity index (χ1n) is 11.4. The Labute approximate surface area is 219 Å². The molecule has 11 heteroatoms. The fourth-order valence-electron chi connectivity index (χ4n) is 3.11. The van der Waals surface area contributed by atoms with Crippen LogP contribution in [0.5, 0.6) is 17.2 Å². The summed E-state index contributed by atoms with van der Waals surface area (Å²) in [4.78, 5) is 12.0. The molecule has 0 unspecified atom stereocenters. The van der Waals surface area contributed by atoms with Crippen LogP contribution in [0.4, 0.5) is 5.13 Å². The van der Waals surface area contributed by atoms with Crippen LogP contribution in [0.3, 0.4) is 0 Å². The van der Waals surface area contributed by atoms with Gasteiger partial charge in [0.2, 0.25) is 11.0 Å². The fraction of sp³-hybridized carbons (Fsp3) is 0.360. The van der Waals surface area contributed by atoms with Crippen LogP contribution >= 0.6 is 22.9 Å². The minimum atomic E-state index is -0.341. The average Bonchev–Trinajstić information content (AvgIpc) is 3.22. The Bertz CT molecular complexity index is 1190. The lowest BCUT2D eigenvalue weighted by atomic mass is 9.87. The number of rotatable bonds is 11. The van der Waals surface area contributed by atoms with Gasteiger partial charge in [-0.15, -0.1) is 10.2 Å². The Balaban J connectivity index is 1.55. The normalized spacial score (nSPS) is 11.5. The van der Waals surface area contributed by atoms with E-state index in [0.29, 0.717) is 45.4 Å². The highest BCUT2D eigenvalue weighted by Gasteiger charge is 2.14. The third-order valence-corrected chi connectivity index (χ3v) is 5.88. The zero-order valence-electron chi connectivity index (χ0n) is 20.7. The number of amides is 1. The monoisotopic (exact) mass is 531 g/mol. The molecule has 192 valence electrons. The van der Waals surface area contributed by atoms with Gasteiger partial charge in [-0.3, -0.25) is 4.79 Å². The first-order valence-corrected chi connectivity index (χ1v) is 12.6. The lowest BCUT2D eigenvalue weighted by Gasteiger charge is -2.19. The molecular weight excluding hydrogens is 502 g/mol. The molecule has 0 atom stereocenters. The number of halogens is 1. The van der Waals surface area contributed by atoms with E-state index < -0.39 is 0 Å². The van der Waals surface area contributed by atoms with Crippen molar-refractivity contribution in [3.8, 4) is 17.2 Å². The molecule has 0 saturated carbocycles. The summed E-state index contributed by atoms with van der Waals surface area (Å²) in [6.07, 6.45) is 1.50. The van der Waals surface area contributed by atoms with Crippen LogP contribution < -0.4 is 25.4 Å². The summed E-state index contributed by atoms with van der Waals surface area (Å²) in [5.74, 6) is 1.31. The number of aromatic nitrogens is 2. The fourth-order valence-corrected chi connectivity index (χ4v) is 4.00. The predicted molar refractivity (Wildman–Crippen MR) is 143 cm³/mol. The van der Waals surface area contributed by atoms with E-state index in [0.717, 1.165) is 17.1 Å². The summed E-state index contributed by atoms with van der Waals surface area (Å²) in [5, 5.41) is 12.6. The van der Waals surface area contributed by atoms with E-state index in [1.807, 2.05) is 19.1 Å². The molecule has 3 aromatic rings. The van der Waals surface area contributed by atoms with Gasteiger partial charge < -0.3 is 19.9 Å². The van der Waals surface area contributed by atoms with E-state index >= 15 is 0 Å². The Kier molecular flexibility index (Phi) is 9.49. The Hall–Kier alpha value is -3.37. The molecule has 1 heterocycles. The molecule has 0 bridgehead atoms. The molecule has 0 aliphatic heterocycles. The van der Waals surface area contributed by atoms with Gasteiger partial charge in [0.1, 0.15) is 24.0 Å². The molecule has 1 amide bonds. The first kappa shape index (κ1) is 27.2. The summed E-state index contributed by atoms with van der Waals surface area (Å²) in [7, 11) is 0. The second-order valence-corrected chi connectivity index (χ2v) is 10.2. The number of anilines is 1. The Morgan fingerprint density at radius 3 is 2.50 bits per heavy atom. The minimum absolute atomic E-state index is 0.0345. The van der Waals surface area contributed by atoms with Crippen molar-refractivity contribution in [1.82, 2.24) is 15.6 Å². The maximum atomic E-state index is 12.0. The number of nitrogens with zero attached hydrogens (tertiary/aromatic N) is 3. The van der Waals surface area contributed by atoms with Gasteiger partial charge in [-0.2, -0.15) is 5.10 Å². The molecular formula is C25H30ClN5O4S. The van der Waals surface area contributed by atoms with E-state index in [9.17, 15) is 4.79 Å². The summed E-state index contributed by atoms with van der Waals surface area (Å²) < 4.78 is 17.4. The lowest BCUT2D eigenvalue weighted by molar-refractivity contribution is -0.120. The number of benzene rings is 2. The SMILES string of the molecule is CCOc1cc(/C=N/NC(=O)Cc2nnc(N)s2)cc(Cl)c1OCCOc1ccc(C(C)(C)C)cc1. The number of nitrogen functional groups attached to an aromatic ring is 1. The highest BCUT2D eigenvalue weighted by molar-refractivity contribution is 7.15. The molecule has 2 aromatic carbocycles. The molecule has 3 N–H and O–H groups in total. The molecule has 0 radical (unpaired) electrons. The predicted octanol–water partition coefficient (Wildman–Crippen LogP) is 4.62. The van der Waals surface area contributed by atoms with Crippen molar-refractivity contribution in [2.24, 2.45) is 5.10 Å². The highest BCUT2D eigenvalue weighted by Crippen LogP contribution is 2.36. The molecule has 3 rings (SSSR count). The van der Waals surface area contributed by atoms with E-state index in [1.54, 1.807) is 12.1 Å². The van der Waals surface area contributed by atoms with Crippen molar-refractivity contribution in [2.45, 2.75) is 39.5 Å². The minimum Gasteiger partial charge on any atom is -0.490 e. The topological polar surface area (TPSA) is 121 Å². The standard InChI is InChI=1S/C25H30ClN5O4S/c1-5-33-20-13-16(15-28-29-21(32)14-22-30-31-24(27)36-22)12-19(26)23(20)35-11-10-34-18-8-6-17(7-9-18)25(2,3)4/h6-9,12-13,15H,5,10-11,14H2,1-4H3,(H2,27,31)(H,29,32)/b28-15+. The maximum absolute atomic E-state index is 12.0. The number of carbonyl (C=O) groups excluding carboxylic acids is 1. The molecule has 0 saturated heterocycles. The summed E-state index contributed by atoms with van der Waals surface area (Å²) >= 11 is 7.61. The lowest BCUT2D eigenvalue weighted by Crippen LogP contribution is -2.19. The second-order valence-electron chi connectivity index (χ2n) is 8.74. The van der Waals surface area contributed by atoms with Gasteiger partial charge >= 0.3 is 0 Å². The van der Waals surface area contributed by atoms with Crippen LogP contribution in [-0.4, -0.2) is 42.1 Å². The number of nitrogens with one attached hydrogen (secondary N) is 1. The zero-order chi connectivity index (χ0) is 26.1. The van der Waals surface area contributed by atoms with E-state index in [1.165, 1.54) is 11.8 Å². The van der Waals surface area contributed by atoms with Crippen molar-refractivity contribution in [3.63, 3.8) is 0 Å². The van der Waals surface area contributed by atoms with Crippen molar-refractivity contribution < 1.29 is 19.0 Å². The molecule has 9 nitrogen and oxygen atoms in total. The van der Waals surface area contributed by atoms with E-state index in [-0.39, 0.29) is 24.3 Å². The van der Waals surface area contributed by atoms with Crippen molar-refractivity contribution >= 4 is 40.2 Å². The van der Waals surface area contributed by atoms with Gasteiger partial charge in [0.25, 0.3) is 0 Å². The quantitative estimate of drug-likeness (QED) is 0.210. The molecule has 0 aliphatic carbocycles. The first-order chi connectivity index (χ1) is 17.2. The number of hydrogen-bond acceptors (Lipinski definition) is 9. The largest absolute Gasteiger partial charge is 0.490 e. The van der Waals surface area contributed by atoms with Crippen LogP contribution in [0.2, 0.25) is 5.02 Å². The van der Waals surface area contributed by atoms with Gasteiger partial charge in [-0.25, -0.2) is 5.43 Å². The molecule has 36 heavy (non-hydrogen) atoms. The van der Waals surface area contributed by atoms with E-state index in [4.69, 9.17) is 31.5 Å². The number of hydrazone groups is 1. The van der Waals surface area contributed by atoms with Crippen molar-refractivity contribution in [1.29, 1.82) is 0 Å². The highest BCUT2D eigenvalue weighted by atomic mass is 35.5. The summed E-state index contributed by atoms with van der Waals surface area (Å²) in [6.45, 7) is 9.41. The van der Waals surface area contributed by atoms with Crippen LogP contribution in [-0.2, 0) is 16.6 Å². The number of nitrogens with two attached hydrogens (primary N) is 1. The smallest absolute Gasteiger partial charge is 0.247 e. The molecule has 0 spiro atoms. The van der Waals surface area contributed by atoms with Crippen LogP contribution in [0.15, 0.2) is 41.5 Å². The van der Waals surface area contributed by atoms with Gasteiger partial charge in [-0.1, -0.05) is 55.8 Å².